The van der Waals surface area contributed by atoms with Crippen molar-refractivity contribution in [2.24, 2.45) is 5.92 Å². The van der Waals surface area contributed by atoms with Gasteiger partial charge < -0.3 is 5.32 Å². The van der Waals surface area contributed by atoms with Gasteiger partial charge in [-0.3, -0.25) is 0 Å². The van der Waals surface area contributed by atoms with E-state index in [1.54, 1.807) is 6.07 Å². The lowest BCUT2D eigenvalue weighted by Crippen LogP contribution is -2.38. The maximum absolute atomic E-state index is 13.3. The average molecular weight is 272 g/mol. The lowest BCUT2D eigenvalue weighted by Gasteiger charge is -2.23. The van der Waals surface area contributed by atoms with Gasteiger partial charge in [0.2, 0.25) is 0 Å². The number of rotatable bonds is 5. The topological polar surface area (TPSA) is 12.0 Å². The lowest BCUT2D eigenvalue weighted by atomic mass is 9.99. The Hall–Kier alpha value is -0.600. The van der Waals surface area contributed by atoms with Gasteiger partial charge >= 0.3 is 0 Å². The fraction of sp³-hybridized carbons (Fsp3) is 0.600. The summed E-state index contributed by atoms with van der Waals surface area (Å²) < 4.78 is 13.3. The smallest absolute Gasteiger partial charge is 0.142 e. The summed E-state index contributed by atoms with van der Waals surface area (Å²) in [5, 5.41) is 3.68. The van der Waals surface area contributed by atoms with Crippen LogP contribution in [-0.4, -0.2) is 12.1 Å². The van der Waals surface area contributed by atoms with Crippen LogP contribution in [0.2, 0.25) is 5.02 Å². The van der Waals surface area contributed by atoms with Crippen molar-refractivity contribution < 1.29 is 4.39 Å². The molecule has 0 spiro atoms. The van der Waals surface area contributed by atoms with Gasteiger partial charge in [0.1, 0.15) is 5.82 Å². The minimum Gasteiger partial charge on any atom is -0.312 e. The van der Waals surface area contributed by atoms with E-state index in [4.69, 9.17) is 11.6 Å². The lowest BCUT2D eigenvalue weighted by molar-refractivity contribution is 0.372. The van der Waals surface area contributed by atoms with E-state index in [0.717, 1.165) is 24.9 Å². The third-order valence-electron chi connectivity index (χ3n) is 2.89. The van der Waals surface area contributed by atoms with Crippen molar-refractivity contribution in [2.45, 2.75) is 46.1 Å². The first-order valence-corrected chi connectivity index (χ1v) is 6.84. The van der Waals surface area contributed by atoms with E-state index in [1.807, 2.05) is 6.07 Å². The predicted molar refractivity (Wildman–Crippen MR) is 76.7 cm³/mol. The number of benzene rings is 1. The molecule has 18 heavy (non-hydrogen) atoms. The highest BCUT2D eigenvalue weighted by molar-refractivity contribution is 6.30. The second-order valence-electron chi connectivity index (χ2n) is 6.02. The quantitative estimate of drug-likeness (QED) is 0.835. The van der Waals surface area contributed by atoms with Crippen molar-refractivity contribution in [1.29, 1.82) is 0 Å². The molecule has 0 fully saturated rings. The Labute approximate surface area is 115 Å². The SMILES string of the molecule is CC(CCc1ccc(Cl)c(F)c1)CNC(C)(C)C. The van der Waals surface area contributed by atoms with Crippen molar-refractivity contribution >= 4 is 11.6 Å². The number of hydrogen-bond donors (Lipinski definition) is 1. The molecule has 3 heteroatoms. The highest BCUT2D eigenvalue weighted by Gasteiger charge is 2.11. The monoisotopic (exact) mass is 271 g/mol. The highest BCUT2D eigenvalue weighted by Crippen LogP contribution is 2.17. The van der Waals surface area contributed by atoms with Crippen LogP contribution < -0.4 is 5.32 Å². The van der Waals surface area contributed by atoms with Crippen molar-refractivity contribution in [3.05, 3.63) is 34.6 Å². The van der Waals surface area contributed by atoms with Crippen molar-refractivity contribution in [2.75, 3.05) is 6.54 Å². The molecule has 1 rings (SSSR count). The Morgan fingerprint density at radius 1 is 1.33 bits per heavy atom. The molecular weight excluding hydrogens is 249 g/mol. The Balaban J connectivity index is 2.38. The maximum Gasteiger partial charge on any atom is 0.142 e. The van der Waals surface area contributed by atoms with Crippen LogP contribution in [-0.2, 0) is 6.42 Å². The zero-order valence-electron chi connectivity index (χ0n) is 11.7. The van der Waals surface area contributed by atoms with Crippen LogP contribution >= 0.6 is 11.6 Å². The summed E-state index contributed by atoms with van der Waals surface area (Å²) in [6.07, 6.45) is 1.94. The van der Waals surface area contributed by atoms with Gasteiger partial charge in [-0.05, 0) is 63.8 Å². The van der Waals surface area contributed by atoms with E-state index in [0.29, 0.717) is 5.92 Å². The molecule has 1 atom stereocenters. The maximum atomic E-state index is 13.3. The molecular formula is C15H23ClFN. The van der Waals surface area contributed by atoms with Gasteiger partial charge in [0.05, 0.1) is 5.02 Å². The molecule has 1 N–H and O–H groups in total. The summed E-state index contributed by atoms with van der Waals surface area (Å²) in [4.78, 5) is 0. The first-order valence-electron chi connectivity index (χ1n) is 6.47. The Morgan fingerprint density at radius 3 is 2.56 bits per heavy atom. The van der Waals surface area contributed by atoms with Crippen LogP contribution in [0.5, 0.6) is 0 Å². The summed E-state index contributed by atoms with van der Waals surface area (Å²) in [6, 6.07) is 5.06. The summed E-state index contributed by atoms with van der Waals surface area (Å²) >= 11 is 5.66. The van der Waals surface area contributed by atoms with Gasteiger partial charge in [0, 0.05) is 5.54 Å². The van der Waals surface area contributed by atoms with Crippen LogP contribution in [0, 0.1) is 11.7 Å². The first kappa shape index (κ1) is 15.5. The van der Waals surface area contributed by atoms with Gasteiger partial charge in [-0.2, -0.15) is 0 Å². The summed E-state index contributed by atoms with van der Waals surface area (Å²) in [6.45, 7) is 9.68. The zero-order chi connectivity index (χ0) is 13.8. The molecule has 0 saturated carbocycles. The molecule has 0 saturated heterocycles. The largest absolute Gasteiger partial charge is 0.312 e. The highest BCUT2D eigenvalue weighted by atomic mass is 35.5. The van der Waals surface area contributed by atoms with Gasteiger partial charge in [-0.15, -0.1) is 0 Å². The minimum absolute atomic E-state index is 0.153. The molecule has 1 aromatic rings. The molecule has 0 aromatic heterocycles. The van der Waals surface area contributed by atoms with E-state index < -0.39 is 0 Å². The van der Waals surface area contributed by atoms with Crippen LogP contribution in [0.1, 0.15) is 39.7 Å². The molecule has 0 radical (unpaired) electrons. The van der Waals surface area contributed by atoms with E-state index >= 15 is 0 Å². The van der Waals surface area contributed by atoms with E-state index in [9.17, 15) is 4.39 Å². The predicted octanol–water partition coefficient (Wildman–Crippen LogP) is 4.44. The summed E-state index contributed by atoms with van der Waals surface area (Å²) in [5.41, 5.74) is 1.17. The Kier molecular flexibility index (Phi) is 5.61. The molecule has 0 aliphatic heterocycles. The van der Waals surface area contributed by atoms with E-state index in [2.05, 4.69) is 33.0 Å². The van der Waals surface area contributed by atoms with Crippen molar-refractivity contribution in [3.63, 3.8) is 0 Å². The third-order valence-corrected chi connectivity index (χ3v) is 3.20. The summed E-state index contributed by atoms with van der Waals surface area (Å²) in [7, 11) is 0. The van der Waals surface area contributed by atoms with Crippen LogP contribution in [0.4, 0.5) is 4.39 Å². The minimum atomic E-state index is -0.324. The van der Waals surface area contributed by atoms with Crippen molar-refractivity contribution in [3.8, 4) is 0 Å². The normalized spacial score (nSPS) is 13.7. The molecule has 1 aromatic carbocycles. The molecule has 102 valence electrons. The average Bonchev–Trinajstić information content (AvgIpc) is 2.27. The van der Waals surface area contributed by atoms with E-state index in [1.165, 1.54) is 6.07 Å². The molecule has 0 aliphatic carbocycles. The molecule has 0 heterocycles. The van der Waals surface area contributed by atoms with Gasteiger partial charge in [0.25, 0.3) is 0 Å². The number of hydrogen-bond acceptors (Lipinski definition) is 1. The van der Waals surface area contributed by atoms with Crippen molar-refractivity contribution in [1.82, 2.24) is 5.32 Å². The zero-order valence-corrected chi connectivity index (χ0v) is 12.4. The van der Waals surface area contributed by atoms with Crippen LogP contribution in [0.3, 0.4) is 0 Å². The summed E-state index contributed by atoms with van der Waals surface area (Å²) in [5.74, 6) is 0.248. The van der Waals surface area contributed by atoms with E-state index in [-0.39, 0.29) is 16.4 Å². The molecule has 0 bridgehead atoms. The Morgan fingerprint density at radius 2 is 2.00 bits per heavy atom. The number of halogens is 2. The van der Waals surface area contributed by atoms with Gasteiger partial charge in [-0.25, -0.2) is 4.39 Å². The molecule has 0 amide bonds. The van der Waals surface area contributed by atoms with Gasteiger partial charge in [-0.1, -0.05) is 24.6 Å². The standard InChI is InChI=1S/C15H23ClFN/c1-11(10-18-15(2,3)4)5-6-12-7-8-13(16)14(17)9-12/h7-9,11,18H,5-6,10H2,1-4H3. The molecule has 1 nitrogen and oxygen atoms in total. The fourth-order valence-electron chi connectivity index (χ4n) is 1.69. The third kappa shape index (κ3) is 5.83. The molecule has 0 aliphatic rings. The second-order valence-corrected chi connectivity index (χ2v) is 6.43. The second kappa shape index (κ2) is 6.53. The van der Waals surface area contributed by atoms with Crippen LogP contribution in [0.15, 0.2) is 18.2 Å². The number of nitrogens with one attached hydrogen (secondary N) is 1. The molecule has 1 unspecified atom stereocenters. The Bertz CT molecular complexity index is 385. The van der Waals surface area contributed by atoms with Gasteiger partial charge in [0.15, 0.2) is 0 Å². The fourth-order valence-corrected chi connectivity index (χ4v) is 1.81. The first-order chi connectivity index (χ1) is 8.28. The number of aryl methyl sites for hydroxylation is 1. The van der Waals surface area contributed by atoms with Crippen LogP contribution in [0.25, 0.3) is 0 Å².